The predicted octanol–water partition coefficient (Wildman–Crippen LogP) is 4.78. The molecule has 3 aromatic rings. The van der Waals surface area contributed by atoms with Crippen LogP contribution in [-0.2, 0) is 6.61 Å². The van der Waals surface area contributed by atoms with Crippen LogP contribution in [0.25, 0.3) is 0 Å². The van der Waals surface area contributed by atoms with Crippen LogP contribution in [0.1, 0.15) is 15.9 Å². The van der Waals surface area contributed by atoms with E-state index in [4.69, 9.17) is 9.47 Å². The fourth-order valence-corrected chi connectivity index (χ4v) is 2.35. The number of aldehydes is 1. The van der Waals surface area contributed by atoms with Crippen molar-refractivity contribution >= 4 is 12.0 Å². The Labute approximate surface area is 149 Å². The quantitative estimate of drug-likeness (QED) is 0.348. The molecule has 0 saturated carbocycles. The van der Waals surface area contributed by atoms with Gasteiger partial charge in [-0.2, -0.15) is 0 Å². The first-order valence-electron chi connectivity index (χ1n) is 7.84. The van der Waals surface area contributed by atoms with Crippen LogP contribution in [0.5, 0.6) is 17.2 Å². The lowest BCUT2D eigenvalue weighted by molar-refractivity contribution is -0.385. The third kappa shape index (κ3) is 4.05. The van der Waals surface area contributed by atoms with E-state index in [0.29, 0.717) is 24.4 Å². The molecule has 130 valence electrons. The molecule has 0 saturated heterocycles. The maximum absolute atomic E-state index is 11.1. The lowest BCUT2D eigenvalue weighted by Gasteiger charge is -2.10. The van der Waals surface area contributed by atoms with Gasteiger partial charge < -0.3 is 9.47 Å². The lowest BCUT2D eigenvalue weighted by Crippen LogP contribution is -1.98. The van der Waals surface area contributed by atoms with Crippen molar-refractivity contribution in [3.63, 3.8) is 0 Å². The Morgan fingerprint density at radius 1 is 0.885 bits per heavy atom. The average molecular weight is 349 g/mol. The Balaban J connectivity index is 1.74. The first-order chi connectivity index (χ1) is 12.7. The number of para-hydroxylation sites is 1. The topological polar surface area (TPSA) is 78.7 Å². The molecule has 0 unspecified atom stereocenters. The van der Waals surface area contributed by atoms with Gasteiger partial charge in [0.2, 0.25) is 5.75 Å². The number of rotatable bonds is 7. The van der Waals surface area contributed by atoms with Gasteiger partial charge in [0.05, 0.1) is 10.5 Å². The smallest absolute Gasteiger partial charge is 0.312 e. The molecular formula is C20H15NO5. The molecule has 0 aliphatic heterocycles. The second-order valence-corrected chi connectivity index (χ2v) is 5.42. The largest absolute Gasteiger partial charge is 0.489 e. The van der Waals surface area contributed by atoms with Crippen LogP contribution in [0.4, 0.5) is 5.69 Å². The van der Waals surface area contributed by atoms with Gasteiger partial charge >= 0.3 is 5.69 Å². The Bertz CT molecular complexity index is 907. The summed E-state index contributed by atoms with van der Waals surface area (Å²) in [6.07, 6.45) is 0.527. The molecule has 0 aliphatic carbocycles. The highest BCUT2D eigenvalue weighted by atomic mass is 16.6. The van der Waals surface area contributed by atoms with Gasteiger partial charge in [-0.25, -0.2) is 0 Å². The van der Waals surface area contributed by atoms with Gasteiger partial charge in [0.25, 0.3) is 0 Å². The van der Waals surface area contributed by atoms with E-state index in [0.717, 1.165) is 5.56 Å². The summed E-state index contributed by atoms with van der Waals surface area (Å²) < 4.78 is 11.3. The Hall–Kier alpha value is -3.67. The molecular weight excluding hydrogens is 334 g/mol. The lowest BCUT2D eigenvalue weighted by atomic mass is 10.2. The van der Waals surface area contributed by atoms with E-state index < -0.39 is 4.92 Å². The van der Waals surface area contributed by atoms with Crippen LogP contribution in [0, 0.1) is 10.1 Å². The molecule has 0 fully saturated rings. The maximum atomic E-state index is 11.1. The Morgan fingerprint density at radius 2 is 1.58 bits per heavy atom. The van der Waals surface area contributed by atoms with Gasteiger partial charge in [0.15, 0.2) is 6.29 Å². The zero-order chi connectivity index (χ0) is 18.4. The fourth-order valence-electron chi connectivity index (χ4n) is 2.35. The number of benzene rings is 3. The standard InChI is InChI=1S/C20H15NO5/c22-13-16-7-4-8-19(21(23)24)20(16)26-18-11-9-17(10-12-18)25-14-15-5-2-1-3-6-15/h1-13H,14H2. The van der Waals surface area contributed by atoms with Crippen LogP contribution < -0.4 is 9.47 Å². The molecule has 0 spiro atoms. The number of carbonyl (C=O) groups excluding carboxylic acids is 1. The van der Waals surface area contributed by atoms with Gasteiger partial charge in [-0.05, 0) is 35.9 Å². The molecule has 3 rings (SSSR count). The molecule has 0 bridgehead atoms. The molecule has 0 heterocycles. The van der Waals surface area contributed by atoms with Crippen LogP contribution in [0.3, 0.4) is 0 Å². The van der Waals surface area contributed by atoms with Gasteiger partial charge in [0, 0.05) is 6.07 Å². The van der Waals surface area contributed by atoms with Crippen molar-refractivity contribution in [2.45, 2.75) is 6.61 Å². The molecule has 0 radical (unpaired) electrons. The summed E-state index contributed by atoms with van der Waals surface area (Å²) in [5.74, 6) is 0.930. The molecule has 6 heteroatoms. The molecule has 26 heavy (non-hydrogen) atoms. The van der Waals surface area contributed by atoms with Gasteiger partial charge in [0.1, 0.15) is 18.1 Å². The second kappa shape index (κ2) is 7.94. The zero-order valence-corrected chi connectivity index (χ0v) is 13.7. The van der Waals surface area contributed by atoms with Crippen LogP contribution >= 0.6 is 0 Å². The summed E-state index contributed by atoms with van der Waals surface area (Å²) >= 11 is 0. The van der Waals surface area contributed by atoms with Crippen molar-refractivity contribution in [1.82, 2.24) is 0 Å². The SMILES string of the molecule is O=Cc1cccc([N+](=O)[O-])c1Oc1ccc(OCc2ccccc2)cc1. The van der Waals surface area contributed by atoms with Crippen molar-refractivity contribution in [2.24, 2.45) is 0 Å². The average Bonchev–Trinajstić information content (AvgIpc) is 2.68. The summed E-state index contributed by atoms with van der Waals surface area (Å²) in [6.45, 7) is 0.431. The summed E-state index contributed by atoms with van der Waals surface area (Å²) in [5, 5.41) is 11.1. The number of hydrogen-bond acceptors (Lipinski definition) is 5. The van der Waals surface area contributed by atoms with Gasteiger partial charge in [-0.1, -0.05) is 36.4 Å². The van der Waals surface area contributed by atoms with E-state index in [1.807, 2.05) is 30.3 Å². The molecule has 0 atom stereocenters. The van der Waals surface area contributed by atoms with E-state index in [1.54, 1.807) is 24.3 Å². The van der Waals surface area contributed by atoms with E-state index >= 15 is 0 Å². The minimum absolute atomic E-state index is 0.0783. The third-order valence-corrected chi connectivity index (χ3v) is 3.64. The molecule has 0 aliphatic rings. The molecule has 0 amide bonds. The maximum Gasteiger partial charge on any atom is 0.312 e. The van der Waals surface area contributed by atoms with Crippen molar-refractivity contribution in [3.8, 4) is 17.2 Å². The highest BCUT2D eigenvalue weighted by Gasteiger charge is 2.19. The zero-order valence-electron chi connectivity index (χ0n) is 13.7. The van der Waals surface area contributed by atoms with Crippen LogP contribution in [-0.4, -0.2) is 11.2 Å². The Kier molecular flexibility index (Phi) is 5.24. The number of nitrogens with zero attached hydrogens (tertiary/aromatic N) is 1. The van der Waals surface area contributed by atoms with Crippen LogP contribution in [0.2, 0.25) is 0 Å². The first-order valence-corrected chi connectivity index (χ1v) is 7.84. The van der Waals surface area contributed by atoms with E-state index in [2.05, 4.69) is 0 Å². The Morgan fingerprint density at radius 3 is 2.23 bits per heavy atom. The number of hydrogen-bond donors (Lipinski definition) is 0. The number of ether oxygens (including phenoxy) is 2. The normalized spacial score (nSPS) is 10.2. The first kappa shape index (κ1) is 17.2. The van der Waals surface area contributed by atoms with Crippen molar-refractivity contribution < 1.29 is 19.2 Å². The van der Waals surface area contributed by atoms with Gasteiger partial charge in [-0.3, -0.25) is 14.9 Å². The highest BCUT2D eigenvalue weighted by Crippen LogP contribution is 2.34. The number of nitro benzene ring substituents is 1. The minimum atomic E-state index is -0.584. The molecule has 3 aromatic carbocycles. The minimum Gasteiger partial charge on any atom is -0.489 e. The van der Waals surface area contributed by atoms with Crippen molar-refractivity contribution in [1.29, 1.82) is 0 Å². The highest BCUT2D eigenvalue weighted by molar-refractivity contribution is 5.82. The fraction of sp³-hybridized carbons (Fsp3) is 0.0500. The second-order valence-electron chi connectivity index (χ2n) is 5.42. The number of nitro groups is 1. The number of carbonyl (C=O) groups is 1. The van der Waals surface area contributed by atoms with E-state index in [1.165, 1.54) is 18.2 Å². The van der Waals surface area contributed by atoms with Crippen LogP contribution in [0.15, 0.2) is 72.8 Å². The summed E-state index contributed by atoms with van der Waals surface area (Å²) in [4.78, 5) is 21.7. The van der Waals surface area contributed by atoms with E-state index in [9.17, 15) is 14.9 Å². The third-order valence-electron chi connectivity index (χ3n) is 3.64. The van der Waals surface area contributed by atoms with Gasteiger partial charge in [-0.15, -0.1) is 0 Å². The van der Waals surface area contributed by atoms with Crippen molar-refractivity contribution in [2.75, 3.05) is 0 Å². The monoisotopic (exact) mass is 349 g/mol. The predicted molar refractivity (Wildman–Crippen MR) is 95.8 cm³/mol. The molecule has 0 N–H and O–H groups in total. The summed E-state index contributed by atoms with van der Waals surface area (Å²) in [6, 6.07) is 20.6. The van der Waals surface area contributed by atoms with Crippen molar-refractivity contribution in [3.05, 3.63) is 94.0 Å². The summed E-state index contributed by atoms with van der Waals surface area (Å²) in [7, 11) is 0. The summed E-state index contributed by atoms with van der Waals surface area (Å²) in [5.41, 5.74) is 0.894. The molecule has 0 aromatic heterocycles. The van der Waals surface area contributed by atoms with E-state index in [-0.39, 0.29) is 17.0 Å². The molecule has 6 nitrogen and oxygen atoms in total.